The molecule has 0 aliphatic rings. The van der Waals surface area contributed by atoms with E-state index in [1.165, 1.54) is 11.3 Å². The Labute approximate surface area is 96.4 Å². The number of nitrogens with zero attached hydrogens (tertiary/aromatic N) is 3. The summed E-state index contributed by atoms with van der Waals surface area (Å²) in [6, 6.07) is 1.82. The van der Waals surface area contributed by atoms with Crippen molar-refractivity contribution in [2.75, 3.05) is 11.9 Å². The van der Waals surface area contributed by atoms with Crippen LogP contribution < -0.4 is 5.32 Å². The van der Waals surface area contributed by atoms with E-state index in [0.717, 1.165) is 17.4 Å². The van der Waals surface area contributed by atoms with Crippen LogP contribution in [0.4, 0.5) is 5.82 Å². The van der Waals surface area contributed by atoms with Crippen LogP contribution >= 0.6 is 22.9 Å². The van der Waals surface area contributed by atoms with Gasteiger partial charge in [0.1, 0.15) is 10.2 Å². The smallest absolute Gasteiger partial charge is 0.190 e. The molecule has 78 valence electrons. The van der Waals surface area contributed by atoms with Crippen LogP contribution in [0.15, 0.2) is 18.5 Å². The number of halogens is 1. The fourth-order valence-corrected chi connectivity index (χ4v) is 1.95. The number of hydrogen-bond acceptors (Lipinski definition) is 5. The highest BCUT2D eigenvalue weighted by Crippen LogP contribution is 2.25. The maximum Gasteiger partial charge on any atom is 0.190 e. The van der Waals surface area contributed by atoms with E-state index in [1.54, 1.807) is 12.4 Å². The van der Waals surface area contributed by atoms with Crippen LogP contribution in [-0.2, 0) is 0 Å². The summed E-state index contributed by atoms with van der Waals surface area (Å²) in [6.45, 7) is 2.84. The Bertz CT molecular complexity index is 457. The normalized spacial score (nSPS) is 10.3. The van der Waals surface area contributed by atoms with E-state index in [2.05, 4.69) is 20.3 Å². The fraction of sp³-hybridized carbons (Fsp3) is 0.222. The topological polar surface area (TPSA) is 50.7 Å². The van der Waals surface area contributed by atoms with Crippen molar-refractivity contribution in [2.45, 2.75) is 6.92 Å². The largest absolute Gasteiger partial charge is 0.370 e. The number of nitrogens with one attached hydrogen (secondary N) is 1. The second-order valence-electron chi connectivity index (χ2n) is 2.77. The van der Waals surface area contributed by atoms with E-state index in [-0.39, 0.29) is 0 Å². The predicted octanol–water partition coefficient (Wildman–Crippen LogP) is 2.69. The van der Waals surface area contributed by atoms with Gasteiger partial charge in [0.25, 0.3) is 0 Å². The van der Waals surface area contributed by atoms with Gasteiger partial charge >= 0.3 is 0 Å². The molecule has 2 rings (SSSR count). The van der Waals surface area contributed by atoms with Gasteiger partial charge in [0.15, 0.2) is 10.8 Å². The molecule has 0 aliphatic carbocycles. The second-order valence-corrected chi connectivity index (χ2v) is 4.43. The van der Waals surface area contributed by atoms with E-state index in [4.69, 9.17) is 11.6 Å². The van der Waals surface area contributed by atoms with Crippen molar-refractivity contribution >= 4 is 28.8 Å². The van der Waals surface area contributed by atoms with Crippen LogP contribution in [0, 0.1) is 0 Å². The summed E-state index contributed by atoms with van der Waals surface area (Å²) in [4.78, 5) is 12.6. The number of rotatable bonds is 3. The molecule has 0 spiro atoms. The van der Waals surface area contributed by atoms with Gasteiger partial charge in [0.05, 0.1) is 6.20 Å². The summed E-state index contributed by atoms with van der Waals surface area (Å²) in [7, 11) is 0. The Kier molecular flexibility index (Phi) is 3.13. The molecule has 0 amide bonds. The number of hydrogen-bond donors (Lipinski definition) is 1. The van der Waals surface area contributed by atoms with Gasteiger partial charge in [-0.2, -0.15) is 0 Å². The molecule has 0 aromatic carbocycles. The first-order chi connectivity index (χ1) is 7.29. The number of aromatic nitrogens is 3. The van der Waals surface area contributed by atoms with Gasteiger partial charge in [-0.05, 0) is 13.0 Å². The highest BCUT2D eigenvalue weighted by molar-refractivity contribution is 7.18. The third-order valence-electron chi connectivity index (χ3n) is 1.68. The van der Waals surface area contributed by atoms with E-state index in [0.29, 0.717) is 10.2 Å². The van der Waals surface area contributed by atoms with E-state index in [1.807, 2.05) is 13.0 Å². The lowest BCUT2D eigenvalue weighted by Gasteiger charge is -2.01. The Balaban J connectivity index is 2.32. The molecule has 1 N–H and O–H groups in total. The minimum Gasteiger partial charge on any atom is -0.370 e. The van der Waals surface area contributed by atoms with Crippen molar-refractivity contribution in [3.63, 3.8) is 0 Å². The van der Waals surface area contributed by atoms with Crippen LogP contribution in [0.1, 0.15) is 6.92 Å². The molecule has 2 heterocycles. The summed E-state index contributed by atoms with van der Waals surface area (Å²) in [5.41, 5.74) is 0. The van der Waals surface area contributed by atoms with E-state index < -0.39 is 0 Å². The zero-order valence-corrected chi connectivity index (χ0v) is 9.64. The van der Waals surface area contributed by atoms with Crippen molar-refractivity contribution in [2.24, 2.45) is 0 Å². The molecule has 0 saturated heterocycles. The Morgan fingerprint density at radius 1 is 1.47 bits per heavy atom. The third-order valence-corrected chi connectivity index (χ3v) is 2.79. The molecule has 2 aromatic rings. The van der Waals surface area contributed by atoms with Gasteiger partial charge < -0.3 is 5.32 Å². The lowest BCUT2D eigenvalue weighted by molar-refractivity contribution is 1.11. The first-order valence-electron chi connectivity index (χ1n) is 4.48. The standard InChI is InChI=1S/C9H9ClN4S/c1-2-11-7-3-4-12-8(14-7)9-13-5-6(10)15-9/h3-5H,2H2,1H3,(H,11,12,14). The molecular formula is C9H9ClN4S. The summed E-state index contributed by atoms with van der Waals surface area (Å²) < 4.78 is 0.641. The molecule has 0 atom stereocenters. The number of thiazole rings is 1. The molecule has 0 unspecified atom stereocenters. The van der Waals surface area contributed by atoms with Crippen LogP contribution in [0.3, 0.4) is 0 Å². The molecule has 4 nitrogen and oxygen atoms in total. The number of anilines is 1. The summed E-state index contributed by atoms with van der Waals surface area (Å²) >= 11 is 7.17. The van der Waals surface area contributed by atoms with Crippen molar-refractivity contribution in [1.29, 1.82) is 0 Å². The van der Waals surface area contributed by atoms with Crippen molar-refractivity contribution in [3.05, 3.63) is 22.8 Å². The SMILES string of the molecule is CCNc1ccnc(-c2ncc(Cl)s2)n1. The first-order valence-corrected chi connectivity index (χ1v) is 5.67. The Morgan fingerprint density at radius 3 is 3.00 bits per heavy atom. The molecule has 0 radical (unpaired) electrons. The third kappa shape index (κ3) is 2.43. The summed E-state index contributed by atoms with van der Waals surface area (Å²) in [6.07, 6.45) is 3.31. The van der Waals surface area contributed by atoms with Crippen molar-refractivity contribution in [1.82, 2.24) is 15.0 Å². The Morgan fingerprint density at radius 2 is 2.33 bits per heavy atom. The fourth-order valence-electron chi connectivity index (χ4n) is 1.10. The molecule has 0 aliphatic heterocycles. The minimum atomic E-state index is 0.602. The van der Waals surface area contributed by atoms with Crippen molar-refractivity contribution in [3.8, 4) is 10.8 Å². The van der Waals surface area contributed by atoms with Gasteiger partial charge in [-0.15, -0.1) is 0 Å². The molecule has 0 bridgehead atoms. The predicted molar refractivity (Wildman–Crippen MR) is 62.3 cm³/mol. The first kappa shape index (κ1) is 10.3. The maximum atomic E-state index is 5.80. The molecule has 6 heteroatoms. The van der Waals surface area contributed by atoms with Crippen LogP contribution in [0.25, 0.3) is 10.8 Å². The second kappa shape index (κ2) is 4.55. The highest BCUT2D eigenvalue weighted by atomic mass is 35.5. The summed E-state index contributed by atoms with van der Waals surface area (Å²) in [5, 5.41) is 3.85. The molecule has 2 aromatic heterocycles. The zero-order valence-electron chi connectivity index (χ0n) is 8.07. The summed E-state index contributed by atoms with van der Waals surface area (Å²) in [5.74, 6) is 1.40. The van der Waals surface area contributed by atoms with E-state index >= 15 is 0 Å². The van der Waals surface area contributed by atoms with Crippen molar-refractivity contribution < 1.29 is 0 Å². The van der Waals surface area contributed by atoms with Gasteiger partial charge in [0, 0.05) is 12.7 Å². The molecule has 0 saturated carbocycles. The van der Waals surface area contributed by atoms with Gasteiger partial charge in [0.2, 0.25) is 0 Å². The van der Waals surface area contributed by atoms with Crippen LogP contribution in [-0.4, -0.2) is 21.5 Å². The monoisotopic (exact) mass is 240 g/mol. The highest BCUT2D eigenvalue weighted by Gasteiger charge is 2.06. The molecule has 0 fully saturated rings. The lowest BCUT2D eigenvalue weighted by Crippen LogP contribution is -2.00. The van der Waals surface area contributed by atoms with Gasteiger partial charge in [-0.3, -0.25) is 0 Å². The molecular weight excluding hydrogens is 232 g/mol. The van der Waals surface area contributed by atoms with E-state index in [9.17, 15) is 0 Å². The molecule has 15 heavy (non-hydrogen) atoms. The minimum absolute atomic E-state index is 0.602. The van der Waals surface area contributed by atoms with Crippen LogP contribution in [0.2, 0.25) is 4.34 Å². The quantitative estimate of drug-likeness (QED) is 0.896. The zero-order chi connectivity index (χ0) is 10.7. The average molecular weight is 241 g/mol. The average Bonchev–Trinajstić information content (AvgIpc) is 2.66. The van der Waals surface area contributed by atoms with Gasteiger partial charge in [-0.25, -0.2) is 15.0 Å². The van der Waals surface area contributed by atoms with Gasteiger partial charge in [-0.1, -0.05) is 22.9 Å². The lowest BCUT2D eigenvalue weighted by atomic mass is 10.5. The van der Waals surface area contributed by atoms with Crippen LogP contribution in [0.5, 0.6) is 0 Å². The Hall–Kier alpha value is -1.20. The maximum absolute atomic E-state index is 5.80.